The summed E-state index contributed by atoms with van der Waals surface area (Å²) >= 11 is 24.2. The van der Waals surface area contributed by atoms with E-state index in [0.29, 0.717) is 24.9 Å². The quantitative estimate of drug-likeness (QED) is 0.129. The van der Waals surface area contributed by atoms with Gasteiger partial charge in [0.15, 0.2) is 6.61 Å². The first-order valence-electron chi connectivity index (χ1n) is 10.8. The van der Waals surface area contributed by atoms with Crippen LogP contribution < -0.4 is 5.32 Å². The van der Waals surface area contributed by atoms with Gasteiger partial charge >= 0.3 is 5.97 Å². The molecule has 2 aromatic carbocycles. The summed E-state index contributed by atoms with van der Waals surface area (Å²) in [4.78, 5) is 50.4. The molecule has 3 amide bonds. The Hall–Kier alpha value is -2.32. The van der Waals surface area contributed by atoms with Crippen LogP contribution in [0, 0.1) is 13.8 Å². The molecule has 2 aromatic rings. The number of carbonyl (C=O) groups excluding carboxylic acids is 4. The highest BCUT2D eigenvalue weighted by atomic mass is 35.5. The van der Waals surface area contributed by atoms with E-state index in [1.807, 2.05) is 32.0 Å². The molecule has 1 heterocycles. The van der Waals surface area contributed by atoms with Crippen molar-refractivity contribution in [2.45, 2.75) is 39.5 Å². The van der Waals surface area contributed by atoms with Crippen LogP contribution in [0.5, 0.6) is 0 Å². The Kier molecular flexibility index (Phi) is 9.05. The smallest absolute Gasteiger partial charge is 0.306 e. The van der Waals surface area contributed by atoms with E-state index in [-0.39, 0.29) is 50.8 Å². The van der Waals surface area contributed by atoms with Crippen molar-refractivity contribution in [2.24, 2.45) is 0 Å². The lowest BCUT2D eigenvalue weighted by Crippen LogP contribution is -2.30. The van der Waals surface area contributed by atoms with Gasteiger partial charge in [0.2, 0.25) is 0 Å². The van der Waals surface area contributed by atoms with Crippen LogP contribution in [0.4, 0.5) is 5.69 Å². The number of hydrogen-bond acceptors (Lipinski definition) is 5. The first-order chi connectivity index (χ1) is 16.5. The minimum atomic E-state index is -0.593. The second-order valence-corrected chi connectivity index (χ2v) is 9.68. The van der Waals surface area contributed by atoms with Crippen LogP contribution >= 0.6 is 46.4 Å². The molecule has 0 aromatic heterocycles. The Morgan fingerprint density at radius 1 is 0.829 bits per heavy atom. The van der Waals surface area contributed by atoms with E-state index in [2.05, 4.69) is 5.32 Å². The molecule has 0 saturated carbocycles. The number of amides is 3. The van der Waals surface area contributed by atoms with Crippen LogP contribution in [0.3, 0.4) is 0 Å². The first kappa shape index (κ1) is 27.3. The summed E-state index contributed by atoms with van der Waals surface area (Å²) in [7, 11) is 0. The van der Waals surface area contributed by atoms with Crippen LogP contribution in [0.2, 0.25) is 20.1 Å². The standard InChI is InChI=1S/C24H22Cl4N2O5/c1-12-8-13(2)10-14(9-12)29-15(31)11-35-16(32)6-4-3-5-7-30-23(33)17-18(24(30)34)20(26)22(28)21(27)19(17)25/h8-10H,3-7,11H2,1-2H3,(H,29,31). The summed E-state index contributed by atoms with van der Waals surface area (Å²) in [6.45, 7) is 3.58. The molecule has 0 saturated heterocycles. The van der Waals surface area contributed by atoms with Crippen LogP contribution in [-0.4, -0.2) is 41.7 Å². The van der Waals surface area contributed by atoms with Crippen LogP contribution in [0.15, 0.2) is 18.2 Å². The lowest BCUT2D eigenvalue weighted by atomic mass is 10.1. The molecule has 35 heavy (non-hydrogen) atoms. The van der Waals surface area contributed by atoms with E-state index in [1.54, 1.807) is 0 Å². The number of anilines is 1. The number of nitrogens with zero attached hydrogens (tertiary/aromatic N) is 1. The topological polar surface area (TPSA) is 92.8 Å². The number of hydrogen-bond donors (Lipinski definition) is 1. The zero-order valence-corrected chi connectivity index (χ0v) is 22.0. The summed E-state index contributed by atoms with van der Waals surface area (Å²) in [5, 5.41) is 2.31. The van der Waals surface area contributed by atoms with Gasteiger partial charge in [-0.1, -0.05) is 58.9 Å². The van der Waals surface area contributed by atoms with Gasteiger partial charge in [-0.25, -0.2) is 0 Å². The Balaban J connectivity index is 1.40. The van der Waals surface area contributed by atoms with Crippen LogP contribution in [0.1, 0.15) is 57.5 Å². The molecular formula is C24H22Cl4N2O5. The van der Waals surface area contributed by atoms with Crippen molar-refractivity contribution in [3.8, 4) is 0 Å². The summed E-state index contributed by atoms with van der Waals surface area (Å²) in [5.41, 5.74) is 2.55. The van der Waals surface area contributed by atoms with Gasteiger partial charge in [-0.2, -0.15) is 0 Å². The van der Waals surface area contributed by atoms with Crippen molar-refractivity contribution in [1.29, 1.82) is 0 Å². The van der Waals surface area contributed by atoms with E-state index in [0.717, 1.165) is 16.0 Å². The number of fused-ring (bicyclic) bond motifs is 1. The van der Waals surface area contributed by atoms with Gasteiger partial charge in [0.05, 0.1) is 31.2 Å². The van der Waals surface area contributed by atoms with E-state index in [9.17, 15) is 19.2 Å². The Labute approximate surface area is 222 Å². The van der Waals surface area contributed by atoms with E-state index >= 15 is 0 Å². The molecule has 0 unspecified atom stereocenters. The zero-order chi connectivity index (χ0) is 25.9. The molecule has 0 atom stereocenters. The average Bonchev–Trinajstić information content (AvgIpc) is 3.04. The number of unbranched alkanes of at least 4 members (excludes halogenated alkanes) is 2. The average molecular weight is 560 g/mol. The number of ether oxygens (including phenoxy) is 1. The highest BCUT2D eigenvalue weighted by Gasteiger charge is 2.41. The second kappa shape index (κ2) is 11.6. The van der Waals surface area contributed by atoms with Crippen LogP contribution in [-0.2, 0) is 14.3 Å². The normalized spacial score (nSPS) is 12.7. The monoisotopic (exact) mass is 558 g/mol. The number of carbonyl (C=O) groups is 4. The fourth-order valence-electron chi connectivity index (χ4n) is 3.78. The molecule has 186 valence electrons. The molecule has 0 fully saturated rings. The minimum Gasteiger partial charge on any atom is -0.456 e. The number of rotatable bonds is 9. The first-order valence-corrected chi connectivity index (χ1v) is 12.3. The lowest BCUT2D eigenvalue weighted by Gasteiger charge is -2.13. The molecule has 0 bridgehead atoms. The van der Waals surface area contributed by atoms with Crippen LogP contribution in [0.25, 0.3) is 0 Å². The third kappa shape index (κ3) is 6.28. The number of benzene rings is 2. The third-order valence-corrected chi connectivity index (χ3v) is 7.12. The van der Waals surface area contributed by atoms with E-state index in [4.69, 9.17) is 51.1 Å². The fourth-order valence-corrected chi connectivity index (χ4v) is 4.79. The van der Waals surface area contributed by atoms with Gasteiger partial charge in [-0.3, -0.25) is 24.1 Å². The summed E-state index contributed by atoms with van der Waals surface area (Å²) in [5.74, 6) is -2.12. The number of imide groups is 1. The lowest BCUT2D eigenvalue weighted by molar-refractivity contribution is -0.147. The summed E-state index contributed by atoms with van der Waals surface area (Å²) in [6.07, 6.45) is 1.55. The summed E-state index contributed by atoms with van der Waals surface area (Å²) in [6, 6.07) is 5.64. The predicted octanol–water partition coefficient (Wildman–Crippen LogP) is 6.26. The molecule has 1 N–H and O–H groups in total. The zero-order valence-electron chi connectivity index (χ0n) is 19.0. The van der Waals surface area contributed by atoms with Crippen molar-refractivity contribution >= 4 is 75.8 Å². The maximum Gasteiger partial charge on any atom is 0.306 e. The minimum absolute atomic E-state index is 0.0567. The maximum absolute atomic E-state index is 12.7. The Morgan fingerprint density at radius 3 is 1.91 bits per heavy atom. The Bertz CT molecular complexity index is 1150. The number of nitrogens with one attached hydrogen (secondary N) is 1. The van der Waals surface area contributed by atoms with Crippen molar-refractivity contribution in [2.75, 3.05) is 18.5 Å². The van der Waals surface area contributed by atoms with Crippen molar-refractivity contribution < 1.29 is 23.9 Å². The van der Waals surface area contributed by atoms with Crippen molar-refractivity contribution in [1.82, 2.24) is 4.90 Å². The molecule has 7 nitrogen and oxygen atoms in total. The maximum atomic E-state index is 12.7. The fraction of sp³-hybridized carbons (Fsp3) is 0.333. The van der Waals surface area contributed by atoms with Gasteiger partial charge in [0.1, 0.15) is 0 Å². The molecule has 3 rings (SSSR count). The van der Waals surface area contributed by atoms with Gasteiger partial charge in [0.25, 0.3) is 17.7 Å². The highest BCUT2D eigenvalue weighted by molar-refractivity contribution is 6.55. The number of halogens is 4. The molecule has 1 aliphatic rings. The second-order valence-electron chi connectivity index (χ2n) is 8.16. The predicted molar refractivity (Wildman–Crippen MR) is 136 cm³/mol. The van der Waals surface area contributed by atoms with E-state index in [1.165, 1.54) is 0 Å². The molecule has 0 aliphatic carbocycles. The Morgan fingerprint density at radius 2 is 1.37 bits per heavy atom. The van der Waals surface area contributed by atoms with Gasteiger partial charge in [0, 0.05) is 18.7 Å². The van der Waals surface area contributed by atoms with Gasteiger partial charge < -0.3 is 10.1 Å². The van der Waals surface area contributed by atoms with Gasteiger partial charge in [-0.15, -0.1) is 0 Å². The molecule has 11 heteroatoms. The largest absolute Gasteiger partial charge is 0.456 e. The highest BCUT2D eigenvalue weighted by Crippen LogP contribution is 2.44. The molecular weight excluding hydrogens is 538 g/mol. The number of esters is 1. The van der Waals surface area contributed by atoms with E-state index < -0.39 is 23.7 Å². The molecule has 0 radical (unpaired) electrons. The molecule has 0 spiro atoms. The SMILES string of the molecule is Cc1cc(C)cc(NC(=O)COC(=O)CCCCCN2C(=O)c3c(Cl)c(Cl)c(Cl)c(Cl)c3C2=O)c1. The number of aryl methyl sites for hydroxylation is 2. The molecule has 1 aliphatic heterocycles. The third-order valence-electron chi connectivity index (χ3n) is 5.32. The van der Waals surface area contributed by atoms with Gasteiger partial charge in [-0.05, 0) is 49.9 Å². The van der Waals surface area contributed by atoms with Crippen molar-refractivity contribution in [3.63, 3.8) is 0 Å². The summed E-state index contributed by atoms with van der Waals surface area (Å²) < 4.78 is 5.02. The van der Waals surface area contributed by atoms with Crippen molar-refractivity contribution in [3.05, 3.63) is 60.5 Å².